The van der Waals surface area contributed by atoms with Gasteiger partial charge in [0.15, 0.2) is 0 Å². The van der Waals surface area contributed by atoms with E-state index in [9.17, 15) is 8.78 Å². The second-order valence-corrected chi connectivity index (χ2v) is 3.67. The lowest BCUT2D eigenvalue weighted by Gasteiger charge is -2.17. The third-order valence-corrected chi connectivity index (χ3v) is 2.46. The highest BCUT2D eigenvalue weighted by Crippen LogP contribution is 2.36. The van der Waals surface area contributed by atoms with E-state index in [1.54, 1.807) is 0 Å². The smallest absolute Gasteiger partial charge is 0.298 e. The molecule has 0 unspecified atom stereocenters. The van der Waals surface area contributed by atoms with Gasteiger partial charge >= 0.3 is 0 Å². The number of halogens is 2. The molecule has 0 saturated carbocycles. The normalized spacial score (nSPS) is 11.4. The van der Waals surface area contributed by atoms with E-state index in [0.29, 0.717) is 0 Å². The fourth-order valence-electron chi connectivity index (χ4n) is 1.51. The van der Waals surface area contributed by atoms with Gasteiger partial charge in [-0.1, -0.05) is 0 Å². The van der Waals surface area contributed by atoms with Gasteiger partial charge in [0.2, 0.25) is 0 Å². The van der Waals surface area contributed by atoms with Crippen LogP contribution < -0.4 is 0 Å². The van der Waals surface area contributed by atoms with Crippen LogP contribution in [0.4, 0.5) is 8.78 Å². The molecule has 0 radical (unpaired) electrons. The van der Waals surface area contributed by atoms with Gasteiger partial charge in [0, 0.05) is 11.1 Å². The zero-order valence-corrected chi connectivity index (χ0v) is 8.77. The van der Waals surface area contributed by atoms with Crippen LogP contribution in [0.15, 0.2) is 48.5 Å². The molecular formula is C13H10F2O2. The summed E-state index contributed by atoms with van der Waals surface area (Å²) in [4.78, 5) is 0. The second kappa shape index (κ2) is 4.05. The van der Waals surface area contributed by atoms with Gasteiger partial charge in [0.05, 0.1) is 0 Å². The summed E-state index contributed by atoms with van der Waals surface area (Å²) < 4.78 is 28.0. The Bertz CT molecular complexity index is 456. The van der Waals surface area contributed by atoms with Crippen LogP contribution in [-0.4, -0.2) is 10.2 Å². The Labute approximate surface area is 96.8 Å². The molecule has 0 heterocycles. The first-order valence-corrected chi connectivity index (χ1v) is 4.97. The molecule has 17 heavy (non-hydrogen) atoms. The molecular weight excluding hydrogens is 226 g/mol. The summed E-state index contributed by atoms with van der Waals surface area (Å²) >= 11 is 0. The monoisotopic (exact) mass is 236 g/mol. The summed E-state index contributed by atoms with van der Waals surface area (Å²) in [6.45, 7) is 0. The maximum atomic E-state index is 14.0. The van der Waals surface area contributed by atoms with Crippen molar-refractivity contribution in [3.05, 3.63) is 59.7 Å². The number of phenols is 2. The first-order chi connectivity index (χ1) is 8.00. The van der Waals surface area contributed by atoms with E-state index in [4.69, 9.17) is 10.2 Å². The van der Waals surface area contributed by atoms with Crippen LogP contribution in [0.5, 0.6) is 11.5 Å². The van der Waals surface area contributed by atoms with E-state index in [1.807, 2.05) is 0 Å². The van der Waals surface area contributed by atoms with E-state index in [0.717, 1.165) is 0 Å². The molecule has 0 spiro atoms. The topological polar surface area (TPSA) is 40.5 Å². The number of alkyl halides is 2. The zero-order chi connectivity index (χ0) is 12.5. The predicted molar refractivity (Wildman–Crippen MR) is 59.2 cm³/mol. The number of hydrogen-bond donors (Lipinski definition) is 2. The predicted octanol–water partition coefficient (Wildman–Crippen LogP) is 3.24. The fourth-order valence-corrected chi connectivity index (χ4v) is 1.51. The molecule has 0 saturated heterocycles. The Morgan fingerprint density at radius 1 is 0.647 bits per heavy atom. The molecule has 2 rings (SSSR count). The quantitative estimate of drug-likeness (QED) is 0.840. The van der Waals surface area contributed by atoms with Gasteiger partial charge in [0.25, 0.3) is 5.92 Å². The largest absolute Gasteiger partial charge is 0.508 e. The lowest BCUT2D eigenvalue weighted by atomic mass is 10.0. The van der Waals surface area contributed by atoms with Crippen LogP contribution >= 0.6 is 0 Å². The van der Waals surface area contributed by atoms with E-state index in [-0.39, 0.29) is 22.6 Å². The van der Waals surface area contributed by atoms with Crippen molar-refractivity contribution >= 4 is 0 Å². The van der Waals surface area contributed by atoms with Gasteiger partial charge in [-0.25, -0.2) is 0 Å². The molecule has 2 aromatic carbocycles. The maximum absolute atomic E-state index is 14.0. The van der Waals surface area contributed by atoms with Crippen LogP contribution in [0.1, 0.15) is 11.1 Å². The third kappa shape index (κ3) is 2.20. The number of phenolic OH excluding ortho intramolecular Hbond substituents is 2. The molecule has 88 valence electrons. The summed E-state index contributed by atoms with van der Waals surface area (Å²) in [5.74, 6) is -3.27. The van der Waals surface area contributed by atoms with Crippen molar-refractivity contribution in [3.8, 4) is 11.5 Å². The maximum Gasteiger partial charge on any atom is 0.298 e. The van der Waals surface area contributed by atoms with Crippen LogP contribution in [0.3, 0.4) is 0 Å². The molecule has 0 aliphatic heterocycles. The average molecular weight is 236 g/mol. The molecule has 0 aliphatic rings. The minimum absolute atomic E-state index is 0.0599. The molecule has 2 aromatic rings. The lowest BCUT2D eigenvalue weighted by Crippen LogP contribution is -2.14. The Morgan fingerprint density at radius 2 is 0.941 bits per heavy atom. The van der Waals surface area contributed by atoms with Crippen molar-refractivity contribution in [1.29, 1.82) is 0 Å². The van der Waals surface area contributed by atoms with Gasteiger partial charge < -0.3 is 10.2 Å². The van der Waals surface area contributed by atoms with E-state index < -0.39 is 5.92 Å². The van der Waals surface area contributed by atoms with Gasteiger partial charge in [-0.3, -0.25) is 0 Å². The highest BCUT2D eigenvalue weighted by Gasteiger charge is 2.33. The fraction of sp³-hybridized carbons (Fsp3) is 0.0769. The highest BCUT2D eigenvalue weighted by atomic mass is 19.3. The summed E-state index contributed by atoms with van der Waals surface area (Å²) in [6.07, 6.45) is 0. The van der Waals surface area contributed by atoms with Gasteiger partial charge in [-0.05, 0) is 48.5 Å². The Balaban J connectivity index is 2.41. The van der Waals surface area contributed by atoms with Crippen molar-refractivity contribution in [3.63, 3.8) is 0 Å². The molecule has 0 atom stereocenters. The van der Waals surface area contributed by atoms with Crippen LogP contribution in [0.2, 0.25) is 0 Å². The van der Waals surface area contributed by atoms with E-state index >= 15 is 0 Å². The van der Waals surface area contributed by atoms with Crippen LogP contribution in [-0.2, 0) is 5.92 Å². The molecule has 4 heteroatoms. The van der Waals surface area contributed by atoms with Gasteiger partial charge in [-0.15, -0.1) is 0 Å². The summed E-state index contributed by atoms with van der Waals surface area (Å²) in [5, 5.41) is 18.1. The van der Waals surface area contributed by atoms with E-state index in [1.165, 1.54) is 48.5 Å². The highest BCUT2D eigenvalue weighted by molar-refractivity contribution is 5.38. The van der Waals surface area contributed by atoms with Crippen LogP contribution in [0, 0.1) is 0 Å². The molecule has 0 aliphatic carbocycles. The molecule has 0 bridgehead atoms. The van der Waals surface area contributed by atoms with E-state index in [2.05, 4.69) is 0 Å². The Kier molecular flexibility index (Phi) is 2.71. The lowest BCUT2D eigenvalue weighted by molar-refractivity contribution is 0.0428. The van der Waals surface area contributed by atoms with Gasteiger partial charge in [-0.2, -0.15) is 8.78 Å². The summed E-state index contributed by atoms with van der Waals surface area (Å²) in [7, 11) is 0. The minimum Gasteiger partial charge on any atom is -0.508 e. The summed E-state index contributed by atoms with van der Waals surface area (Å²) in [6, 6.07) is 9.52. The van der Waals surface area contributed by atoms with Crippen molar-refractivity contribution in [2.24, 2.45) is 0 Å². The average Bonchev–Trinajstić information content (AvgIpc) is 2.30. The number of hydrogen-bond acceptors (Lipinski definition) is 2. The van der Waals surface area contributed by atoms with Gasteiger partial charge in [0.1, 0.15) is 11.5 Å². The molecule has 0 aromatic heterocycles. The Morgan fingerprint density at radius 3 is 1.24 bits per heavy atom. The third-order valence-electron chi connectivity index (χ3n) is 2.46. The molecule has 0 fully saturated rings. The summed E-state index contributed by atoms with van der Waals surface area (Å²) in [5.41, 5.74) is -0.415. The minimum atomic E-state index is -3.15. The molecule has 2 nitrogen and oxygen atoms in total. The zero-order valence-electron chi connectivity index (χ0n) is 8.77. The molecule has 0 amide bonds. The van der Waals surface area contributed by atoms with Crippen LogP contribution in [0.25, 0.3) is 0 Å². The van der Waals surface area contributed by atoms with Crippen molar-refractivity contribution < 1.29 is 19.0 Å². The standard InChI is InChI=1S/C13H10F2O2/c14-13(15,9-1-5-11(16)6-2-9)10-3-7-12(17)8-4-10/h1-8,16-17H. The Hall–Kier alpha value is -2.10. The second-order valence-electron chi connectivity index (χ2n) is 3.67. The van der Waals surface area contributed by atoms with Crippen molar-refractivity contribution in [2.75, 3.05) is 0 Å². The SMILES string of the molecule is Oc1ccc(C(F)(F)c2ccc(O)cc2)cc1. The molecule has 2 N–H and O–H groups in total. The number of benzene rings is 2. The van der Waals surface area contributed by atoms with Crippen molar-refractivity contribution in [2.45, 2.75) is 5.92 Å². The first kappa shape index (κ1) is 11.4. The number of aromatic hydroxyl groups is 2. The number of rotatable bonds is 2. The van der Waals surface area contributed by atoms with Crippen molar-refractivity contribution in [1.82, 2.24) is 0 Å². The first-order valence-electron chi connectivity index (χ1n) is 4.97.